The lowest BCUT2D eigenvalue weighted by atomic mass is 9.98. The highest BCUT2D eigenvalue weighted by molar-refractivity contribution is 7.92. The van der Waals surface area contributed by atoms with E-state index in [1.807, 2.05) is 24.3 Å². The maximum atomic E-state index is 13.9. The van der Waals surface area contributed by atoms with Crippen LogP contribution >= 0.6 is 0 Å². The molecule has 1 unspecified atom stereocenters. The Labute approximate surface area is 231 Å². The molecule has 40 heavy (non-hydrogen) atoms. The van der Waals surface area contributed by atoms with Crippen molar-refractivity contribution in [1.82, 2.24) is 9.97 Å². The third-order valence-electron chi connectivity index (χ3n) is 6.97. The highest BCUT2D eigenvalue weighted by atomic mass is 32.2. The van der Waals surface area contributed by atoms with Gasteiger partial charge in [0, 0.05) is 5.57 Å². The molecule has 1 N–H and O–H groups in total. The van der Waals surface area contributed by atoms with Crippen LogP contribution in [0.1, 0.15) is 36.8 Å². The number of sulfone groups is 1. The number of hydrogen-bond donors (Lipinski definition) is 1. The summed E-state index contributed by atoms with van der Waals surface area (Å²) in [7, 11) is -1.81. The second kappa shape index (κ2) is 11.7. The fraction of sp³-hybridized carbons (Fsp3) is 0.345. The SMILES string of the molecule is COc1ccc(COc2cnc(NC(=O)/C(=C/C3C[C@@H](F)[C@@H](F)C3)c3ccc(S(=O)(=O)C4CC4)cc3)cn2)cc1. The molecule has 2 aliphatic carbocycles. The number of rotatable bonds is 10. The lowest BCUT2D eigenvalue weighted by Gasteiger charge is -2.13. The molecule has 2 aliphatic rings. The highest BCUT2D eigenvalue weighted by Crippen LogP contribution is 2.36. The van der Waals surface area contributed by atoms with E-state index in [4.69, 9.17) is 9.47 Å². The second-order valence-corrected chi connectivity index (χ2v) is 12.2. The molecular weight excluding hydrogens is 540 g/mol. The van der Waals surface area contributed by atoms with Gasteiger partial charge in [-0.3, -0.25) is 4.79 Å². The van der Waals surface area contributed by atoms with E-state index < -0.39 is 34.0 Å². The average molecular weight is 570 g/mol. The molecule has 3 aromatic rings. The summed E-state index contributed by atoms with van der Waals surface area (Å²) >= 11 is 0. The van der Waals surface area contributed by atoms with Crippen LogP contribution in [0.25, 0.3) is 5.57 Å². The topological polar surface area (TPSA) is 107 Å². The third kappa shape index (κ3) is 6.47. The van der Waals surface area contributed by atoms with Crippen molar-refractivity contribution < 1.29 is 31.5 Å². The quantitative estimate of drug-likeness (QED) is 0.338. The van der Waals surface area contributed by atoms with Crippen LogP contribution in [0, 0.1) is 5.92 Å². The van der Waals surface area contributed by atoms with Gasteiger partial charge in [0.2, 0.25) is 5.88 Å². The molecule has 3 atom stereocenters. The van der Waals surface area contributed by atoms with E-state index in [2.05, 4.69) is 15.3 Å². The minimum absolute atomic E-state index is 0.0356. The largest absolute Gasteiger partial charge is 0.497 e. The Kier molecular flexibility index (Phi) is 8.11. The Morgan fingerprint density at radius 2 is 1.68 bits per heavy atom. The maximum absolute atomic E-state index is 13.9. The van der Waals surface area contributed by atoms with Gasteiger partial charge in [-0.05, 0) is 67.0 Å². The smallest absolute Gasteiger partial charge is 0.257 e. The monoisotopic (exact) mass is 569 g/mol. The van der Waals surface area contributed by atoms with Crippen LogP contribution in [0.2, 0.25) is 0 Å². The van der Waals surface area contributed by atoms with E-state index in [0.717, 1.165) is 11.3 Å². The number of benzene rings is 2. The summed E-state index contributed by atoms with van der Waals surface area (Å²) in [5, 5.41) is 2.31. The van der Waals surface area contributed by atoms with Gasteiger partial charge in [-0.1, -0.05) is 30.3 Å². The van der Waals surface area contributed by atoms with Crippen LogP contribution < -0.4 is 14.8 Å². The van der Waals surface area contributed by atoms with Gasteiger partial charge in [-0.15, -0.1) is 0 Å². The number of carbonyl (C=O) groups is 1. The number of nitrogens with one attached hydrogen (secondary N) is 1. The molecule has 5 rings (SSSR count). The lowest BCUT2D eigenvalue weighted by molar-refractivity contribution is -0.111. The Morgan fingerprint density at radius 1 is 1.00 bits per heavy atom. The molecule has 11 heteroatoms. The van der Waals surface area contributed by atoms with Crippen molar-refractivity contribution in [3.05, 3.63) is 78.1 Å². The first kappa shape index (κ1) is 27.7. The molecule has 2 aromatic carbocycles. The summed E-state index contributed by atoms with van der Waals surface area (Å²) in [5.41, 5.74) is 1.50. The number of halogens is 2. The minimum Gasteiger partial charge on any atom is -0.497 e. The van der Waals surface area contributed by atoms with E-state index in [9.17, 15) is 22.0 Å². The number of ether oxygens (including phenoxy) is 2. The van der Waals surface area contributed by atoms with Crippen LogP contribution in [-0.4, -0.2) is 49.0 Å². The summed E-state index contributed by atoms with van der Waals surface area (Å²) in [6.07, 6.45) is 2.29. The van der Waals surface area contributed by atoms with Crippen LogP contribution in [0.4, 0.5) is 14.6 Å². The fourth-order valence-corrected chi connectivity index (χ4v) is 6.21. The van der Waals surface area contributed by atoms with Crippen molar-refractivity contribution in [2.75, 3.05) is 12.4 Å². The predicted octanol–water partition coefficient (Wildman–Crippen LogP) is 5.11. The van der Waals surface area contributed by atoms with E-state index >= 15 is 0 Å². The van der Waals surface area contributed by atoms with Gasteiger partial charge in [-0.2, -0.15) is 0 Å². The molecule has 0 bridgehead atoms. The van der Waals surface area contributed by atoms with Crippen LogP contribution in [0.5, 0.6) is 11.6 Å². The van der Waals surface area contributed by atoms with Crippen molar-refractivity contribution in [3.63, 3.8) is 0 Å². The van der Waals surface area contributed by atoms with Gasteiger partial charge in [0.1, 0.15) is 24.7 Å². The average Bonchev–Trinajstić information content (AvgIpc) is 3.77. The van der Waals surface area contributed by atoms with E-state index in [0.29, 0.717) is 18.4 Å². The fourth-order valence-electron chi connectivity index (χ4n) is 4.56. The number of amides is 1. The summed E-state index contributed by atoms with van der Waals surface area (Å²) in [6.45, 7) is 0.260. The first-order valence-electron chi connectivity index (χ1n) is 13.0. The van der Waals surface area contributed by atoms with Crippen LogP contribution in [0.15, 0.2) is 71.9 Å². The number of aromatic nitrogens is 2. The molecule has 1 amide bonds. The zero-order valence-corrected chi connectivity index (χ0v) is 22.6. The molecule has 1 aromatic heterocycles. The molecule has 210 valence electrons. The Hall–Kier alpha value is -3.86. The van der Waals surface area contributed by atoms with Crippen molar-refractivity contribution >= 4 is 27.1 Å². The number of alkyl halides is 2. The Morgan fingerprint density at radius 3 is 2.25 bits per heavy atom. The molecule has 2 fully saturated rings. The van der Waals surface area contributed by atoms with Gasteiger partial charge in [0.05, 0.1) is 29.6 Å². The standard InChI is InChI=1S/C29H29F2N3O5S/c1-38-21-6-2-18(3-7-21)17-39-28-16-32-27(15-33-28)34-29(35)24(12-19-13-25(30)26(31)14-19)20-4-8-22(9-5-20)40(36,37)23-10-11-23/h2-9,12,15-16,19,23,25-26H,10-11,13-14,17H2,1H3,(H,32,34,35)/b24-12+/t19?,25-,26+. The van der Waals surface area contributed by atoms with Crippen LogP contribution in [-0.2, 0) is 21.2 Å². The number of anilines is 1. The van der Waals surface area contributed by atoms with Gasteiger partial charge in [0.25, 0.3) is 5.91 Å². The number of allylic oxidation sites excluding steroid dienone is 1. The minimum atomic E-state index is -3.40. The Balaban J connectivity index is 1.30. The number of carbonyl (C=O) groups excluding carboxylic acids is 1. The van der Waals surface area contributed by atoms with Crippen molar-refractivity contribution in [1.29, 1.82) is 0 Å². The molecular formula is C29H29F2N3O5S. The highest BCUT2D eigenvalue weighted by Gasteiger charge is 2.37. The lowest BCUT2D eigenvalue weighted by Crippen LogP contribution is -2.16. The first-order valence-corrected chi connectivity index (χ1v) is 14.5. The molecule has 0 saturated heterocycles. The van der Waals surface area contributed by atoms with Crippen molar-refractivity contribution in [3.8, 4) is 11.6 Å². The van der Waals surface area contributed by atoms with Gasteiger partial charge in [-0.25, -0.2) is 27.2 Å². The molecule has 2 saturated carbocycles. The molecule has 0 aliphatic heterocycles. The third-order valence-corrected chi connectivity index (χ3v) is 9.25. The van der Waals surface area contributed by atoms with Crippen molar-refractivity contribution in [2.24, 2.45) is 5.92 Å². The summed E-state index contributed by atoms with van der Waals surface area (Å²) < 4.78 is 63.7. The van der Waals surface area contributed by atoms with E-state index in [1.165, 1.54) is 36.7 Å². The van der Waals surface area contributed by atoms with Crippen molar-refractivity contribution in [2.45, 2.75) is 54.8 Å². The number of methoxy groups -OCH3 is 1. The zero-order chi connectivity index (χ0) is 28.3. The summed E-state index contributed by atoms with van der Waals surface area (Å²) in [4.78, 5) is 21.9. The molecule has 1 heterocycles. The first-order chi connectivity index (χ1) is 19.2. The summed E-state index contributed by atoms with van der Waals surface area (Å²) in [5.74, 6) is 0.0974. The maximum Gasteiger partial charge on any atom is 0.257 e. The zero-order valence-electron chi connectivity index (χ0n) is 21.8. The number of nitrogens with zero attached hydrogens (tertiary/aromatic N) is 2. The normalized spacial score (nSPS) is 21.2. The number of hydrogen-bond acceptors (Lipinski definition) is 7. The summed E-state index contributed by atoms with van der Waals surface area (Å²) in [6, 6.07) is 13.4. The molecule has 8 nitrogen and oxygen atoms in total. The van der Waals surface area contributed by atoms with E-state index in [-0.39, 0.29) is 46.9 Å². The Bertz CT molecular complexity index is 1470. The predicted molar refractivity (Wildman–Crippen MR) is 145 cm³/mol. The molecule has 0 spiro atoms. The van der Waals surface area contributed by atoms with Gasteiger partial charge < -0.3 is 14.8 Å². The van der Waals surface area contributed by atoms with Crippen LogP contribution in [0.3, 0.4) is 0 Å². The second-order valence-electron chi connectivity index (χ2n) is 9.94. The van der Waals surface area contributed by atoms with Gasteiger partial charge >= 0.3 is 0 Å². The van der Waals surface area contributed by atoms with E-state index in [1.54, 1.807) is 13.2 Å². The van der Waals surface area contributed by atoms with Gasteiger partial charge in [0.15, 0.2) is 15.7 Å². The molecule has 0 radical (unpaired) electrons.